The minimum absolute atomic E-state index is 0.104. The van der Waals surface area contributed by atoms with Gasteiger partial charge in [0.15, 0.2) is 10.9 Å². The van der Waals surface area contributed by atoms with E-state index in [0.717, 1.165) is 46.9 Å². The molecule has 1 aliphatic heterocycles. The molecule has 1 saturated carbocycles. The summed E-state index contributed by atoms with van der Waals surface area (Å²) in [5.41, 5.74) is 4.65. The molecule has 6 nitrogen and oxygen atoms in total. The third kappa shape index (κ3) is 7.67. The molecule has 1 spiro atoms. The summed E-state index contributed by atoms with van der Waals surface area (Å²) < 4.78 is 12.4. The van der Waals surface area contributed by atoms with Crippen molar-refractivity contribution >= 4 is 39.7 Å². The van der Waals surface area contributed by atoms with Crippen molar-refractivity contribution in [3.8, 4) is 11.3 Å². The van der Waals surface area contributed by atoms with Crippen LogP contribution in [0.2, 0.25) is 5.02 Å². The van der Waals surface area contributed by atoms with Crippen LogP contribution in [0.25, 0.3) is 11.3 Å². The number of hydrogen-bond acceptors (Lipinski definition) is 6. The molecular weight excluding hydrogens is 602 g/mol. The number of ether oxygens (including phenoxy) is 2. The fraction of sp³-hybridized carbons (Fsp3) is 0.351. The summed E-state index contributed by atoms with van der Waals surface area (Å²) in [4.78, 5) is 17.9. The van der Waals surface area contributed by atoms with Crippen molar-refractivity contribution in [1.29, 1.82) is 0 Å². The summed E-state index contributed by atoms with van der Waals surface area (Å²) in [5.74, 6) is -0.393. The summed E-state index contributed by atoms with van der Waals surface area (Å²) >= 11 is 7.87. The summed E-state index contributed by atoms with van der Waals surface area (Å²) in [5, 5.41) is 9.89. The number of carbonyl (C=O) groups is 1. The molecule has 1 aromatic heterocycles. The van der Waals surface area contributed by atoms with Gasteiger partial charge in [-0.15, -0.1) is 24.5 Å². The van der Waals surface area contributed by atoms with E-state index in [1.165, 1.54) is 11.3 Å². The smallest absolute Gasteiger partial charge is 0.255 e. The van der Waals surface area contributed by atoms with Gasteiger partial charge in [-0.05, 0) is 55.5 Å². The molecule has 0 radical (unpaired) electrons. The Balaban J connectivity index is 0.00000226. The fourth-order valence-corrected chi connectivity index (χ4v) is 7.09. The van der Waals surface area contributed by atoms with E-state index in [9.17, 15) is 4.79 Å². The average molecular weight is 646 g/mol. The first-order valence-electron chi connectivity index (χ1n) is 15.4. The Hall–Kier alpha value is -3.49. The van der Waals surface area contributed by atoms with Crippen LogP contribution in [0, 0.1) is 17.3 Å². The molecule has 1 aliphatic carbocycles. The van der Waals surface area contributed by atoms with Crippen molar-refractivity contribution in [3.63, 3.8) is 0 Å². The molecule has 8 heteroatoms. The van der Waals surface area contributed by atoms with Crippen molar-refractivity contribution in [2.75, 3.05) is 23.8 Å². The monoisotopic (exact) mass is 645 g/mol. The first-order chi connectivity index (χ1) is 21.7. The lowest BCUT2D eigenvalue weighted by Crippen LogP contribution is -2.51. The molecule has 2 aromatic carbocycles. The van der Waals surface area contributed by atoms with E-state index < -0.39 is 5.79 Å². The Morgan fingerprint density at radius 3 is 2.58 bits per heavy atom. The average Bonchev–Trinajstić information content (AvgIpc) is 3.71. The Kier molecular flexibility index (Phi) is 11.6. The van der Waals surface area contributed by atoms with Crippen molar-refractivity contribution in [2.24, 2.45) is 17.3 Å². The predicted molar refractivity (Wildman–Crippen MR) is 189 cm³/mol. The molecule has 2 heterocycles. The van der Waals surface area contributed by atoms with E-state index in [-0.39, 0.29) is 23.2 Å². The molecular formula is C37H44ClN3O3S. The van der Waals surface area contributed by atoms with Gasteiger partial charge in [-0.1, -0.05) is 81.5 Å². The van der Waals surface area contributed by atoms with Crippen LogP contribution < -0.4 is 10.6 Å². The number of hydrogen-bond donors (Lipinski definition) is 2. The molecule has 1 saturated heterocycles. The number of nitrogens with zero attached hydrogens (tertiary/aromatic N) is 1. The molecule has 3 aromatic rings. The number of anilines is 2. The molecule has 0 bridgehead atoms. The van der Waals surface area contributed by atoms with Crippen LogP contribution in [0.1, 0.15) is 56.5 Å². The summed E-state index contributed by atoms with van der Waals surface area (Å²) in [6.07, 6.45) is 10.8. The van der Waals surface area contributed by atoms with Crippen LogP contribution in [0.4, 0.5) is 10.8 Å². The molecule has 238 valence electrons. The lowest BCUT2D eigenvalue weighted by atomic mass is 9.60. The molecule has 2 aliphatic rings. The second kappa shape index (κ2) is 15.2. The number of rotatable bonds is 9. The maximum absolute atomic E-state index is 13.0. The lowest BCUT2D eigenvalue weighted by molar-refractivity contribution is -0.224. The normalized spacial score (nSPS) is 22.3. The zero-order valence-electron chi connectivity index (χ0n) is 26.7. The van der Waals surface area contributed by atoms with E-state index in [4.69, 9.17) is 26.1 Å². The zero-order chi connectivity index (χ0) is 32.6. The van der Waals surface area contributed by atoms with Gasteiger partial charge in [-0.2, -0.15) is 0 Å². The first kappa shape index (κ1) is 34.4. The number of nitrogens with one attached hydrogen (secondary N) is 2. The van der Waals surface area contributed by atoms with Gasteiger partial charge in [-0.25, -0.2) is 4.98 Å². The van der Waals surface area contributed by atoms with E-state index in [1.807, 2.05) is 61.7 Å². The first-order valence-corrected chi connectivity index (χ1v) is 16.6. The second-order valence-corrected chi connectivity index (χ2v) is 12.9. The van der Waals surface area contributed by atoms with Crippen LogP contribution >= 0.6 is 22.9 Å². The van der Waals surface area contributed by atoms with E-state index in [0.29, 0.717) is 29.5 Å². The molecule has 3 atom stereocenters. The predicted octanol–water partition coefficient (Wildman–Crippen LogP) is 9.93. The maximum atomic E-state index is 13.0. The number of amides is 1. The highest BCUT2D eigenvalue weighted by molar-refractivity contribution is 7.14. The number of thiazole rings is 1. The van der Waals surface area contributed by atoms with Crippen LogP contribution in [-0.4, -0.2) is 29.9 Å². The Labute approximate surface area is 276 Å². The quantitative estimate of drug-likeness (QED) is 0.179. The molecule has 3 unspecified atom stereocenters. The van der Waals surface area contributed by atoms with E-state index in [1.54, 1.807) is 12.1 Å². The van der Waals surface area contributed by atoms with Gasteiger partial charge >= 0.3 is 0 Å². The van der Waals surface area contributed by atoms with Crippen molar-refractivity contribution in [3.05, 3.63) is 114 Å². The number of benzene rings is 2. The molecule has 45 heavy (non-hydrogen) atoms. The van der Waals surface area contributed by atoms with Gasteiger partial charge in [0.25, 0.3) is 5.91 Å². The SMILES string of the molecule is C=C.C=C(Nc1nc(-c2cccc(C(=O)Nc3ccc(CC)c(Cl)c3)c2)cs1)C1(C)CC(/C=C\C=CC)C2(CC1C)OCCO2. The van der Waals surface area contributed by atoms with Crippen molar-refractivity contribution < 1.29 is 14.3 Å². The van der Waals surface area contributed by atoms with Crippen LogP contribution in [0.5, 0.6) is 0 Å². The molecule has 2 fully saturated rings. The number of allylic oxidation sites excluding steroid dienone is 4. The highest BCUT2D eigenvalue weighted by atomic mass is 35.5. The number of carbonyl (C=O) groups excluding carboxylic acids is 1. The maximum Gasteiger partial charge on any atom is 0.255 e. The van der Waals surface area contributed by atoms with Crippen LogP contribution in [0.15, 0.2) is 97.6 Å². The topological polar surface area (TPSA) is 72.5 Å². The van der Waals surface area contributed by atoms with Gasteiger partial charge < -0.3 is 20.1 Å². The molecule has 2 N–H and O–H groups in total. The standard InChI is InChI=1S/C35H40ClN3O3S.C2H4/c1-6-8-9-13-28-21-34(5,23(3)20-35(28)41-16-17-42-35)24(4)37-33-39-31(22-43-33)26-11-10-12-27(18-26)32(40)38-29-15-14-25(7-2)30(36)19-29;1-2/h6,8-15,18-19,22-23,28H,4,7,16-17,20-21H2,1-3,5H3,(H,37,39)(H,38,40);1-2H2/b8-6?,13-9-;. The van der Waals surface area contributed by atoms with Crippen LogP contribution in [-0.2, 0) is 15.9 Å². The van der Waals surface area contributed by atoms with Gasteiger partial charge in [-0.3, -0.25) is 4.79 Å². The second-order valence-electron chi connectivity index (χ2n) is 11.6. The largest absolute Gasteiger partial charge is 0.347 e. The summed E-state index contributed by atoms with van der Waals surface area (Å²) in [6.45, 7) is 20.3. The van der Waals surface area contributed by atoms with Gasteiger partial charge in [0.1, 0.15) is 0 Å². The van der Waals surface area contributed by atoms with Gasteiger partial charge in [0.05, 0.1) is 18.9 Å². The zero-order valence-corrected chi connectivity index (χ0v) is 28.3. The number of aromatic nitrogens is 1. The Morgan fingerprint density at radius 1 is 1.13 bits per heavy atom. The number of halogens is 1. The third-order valence-corrected chi connectivity index (χ3v) is 9.98. The Morgan fingerprint density at radius 2 is 1.89 bits per heavy atom. The van der Waals surface area contributed by atoms with Gasteiger partial charge in [0, 0.05) is 50.7 Å². The van der Waals surface area contributed by atoms with Crippen molar-refractivity contribution in [1.82, 2.24) is 4.98 Å². The minimum atomic E-state index is -0.575. The minimum Gasteiger partial charge on any atom is -0.347 e. The van der Waals surface area contributed by atoms with Crippen molar-refractivity contribution in [2.45, 2.75) is 52.7 Å². The van der Waals surface area contributed by atoms with E-state index >= 15 is 0 Å². The third-order valence-electron chi connectivity index (χ3n) is 8.87. The highest BCUT2D eigenvalue weighted by Gasteiger charge is 2.54. The van der Waals surface area contributed by atoms with Crippen LogP contribution in [0.3, 0.4) is 0 Å². The Bertz CT molecular complexity index is 1560. The molecule has 5 rings (SSSR count). The summed E-state index contributed by atoms with van der Waals surface area (Å²) in [6, 6.07) is 13.1. The molecule has 1 amide bonds. The van der Waals surface area contributed by atoms with E-state index in [2.05, 4.69) is 56.4 Å². The van der Waals surface area contributed by atoms with Gasteiger partial charge in [0.2, 0.25) is 0 Å². The summed E-state index contributed by atoms with van der Waals surface area (Å²) in [7, 11) is 0. The fourth-order valence-electron chi connectivity index (χ4n) is 6.03. The lowest BCUT2D eigenvalue weighted by Gasteiger charge is -2.51. The number of aryl methyl sites for hydroxylation is 1. The highest BCUT2D eigenvalue weighted by Crippen LogP contribution is 2.54.